The van der Waals surface area contributed by atoms with Gasteiger partial charge in [0.15, 0.2) is 0 Å². The number of carbonyl (C=O) groups excluding carboxylic acids is 2. The van der Waals surface area contributed by atoms with E-state index in [1.807, 2.05) is 0 Å². The molecular formula is C17H21Cl2N3O4S. The molecule has 0 atom stereocenters. The molecule has 1 aromatic carbocycles. The first-order valence-corrected chi connectivity index (χ1v) is 11.2. The van der Waals surface area contributed by atoms with Crippen molar-refractivity contribution in [2.75, 3.05) is 13.1 Å². The molecule has 0 aromatic heterocycles. The van der Waals surface area contributed by atoms with E-state index in [9.17, 15) is 18.0 Å². The highest BCUT2D eigenvalue weighted by molar-refractivity contribution is 7.88. The molecule has 10 heteroatoms. The van der Waals surface area contributed by atoms with Crippen molar-refractivity contribution in [3.8, 4) is 0 Å². The predicted molar refractivity (Wildman–Crippen MR) is 103 cm³/mol. The lowest BCUT2D eigenvalue weighted by Crippen LogP contribution is -2.44. The summed E-state index contributed by atoms with van der Waals surface area (Å²) in [7, 11) is -3.56. The molecule has 1 heterocycles. The molecule has 7 nitrogen and oxygen atoms in total. The molecule has 2 N–H and O–H groups in total. The van der Waals surface area contributed by atoms with Crippen molar-refractivity contribution in [1.82, 2.24) is 14.9 Å². The fourth-order valence-electron chi connectivity index (χ4n) is 3.56. The summed E-state index contributed by atoms with van der Waals surface area (Å²) in [5.74, 6) is -0.417. The number of carbonyl (C=O) groups is 2. The highest BCUT2D eigenvalue weighted by Gasteiger charge is 2.51. The average molecular weight is 434 g/mol. The summed E-state index contributed by atoms with van der Waals surface area (Å²) >= 11 is 11.7. The van der Waals surface area contributed by atoms with Crippen molar-refractivity contribution in [3.05, 3.63) is 33.8 Å². The number of imide groups is 1. The van der Waals surface area contributed by atoms with Crippen LogP contribution in [0.1, 0.15) is 37.7 Å². The number of hydrogen-bond donors (Lipinski definition) is 2. The molecule has 3 rings (SSSR count). The Morgan fingerprint density at radius 3 is 2.52 bits per heavy atom. The van der Waals surface area contributed by atoms with Gasteiger partial charge in [0.25, 0.3) is 5.91 Å². The lowest BCUT2D eigenvalue weighted by atomic mass is 9.98. The maximum absolute atomic E-state index is 12.5. The van der Waals surface area contributed by atoms with Crippen LogP contribution in [0, 0.1) is 0 Å². The zero-order valence-corrected chi connectivity index (χ0v) is 17.0. The van der Waals surface area contributed by atoms with Gasteiger partial charge in [0.2, 0.25) is 10.0 Å². The smallest absolute Gasteiger partial charge is 0.323 e. The zero-order valence-electron chi connectivity index (χ0n) is 14.6. The molecule has 1 aliphatic carbocycles. The third-order valence-electron chi connectivity index (χ3n) is 4.92. The summed E-state index contributed by atoms with van der Waals surface area (Å²) in [4.78, 5) is 25.8. The van der Waals surface area contributed by atoms with E-state index in [-0.39, 0.29) is 30.8 Å². The lowest BCUT2D eigenvalue weighted by Gasteiger charge is -2.20. The maximum atomic E-state index is 12.5. The van der Waals surface area contributed by atoms with Gasteiger partial charge in [0.1, 0.15) is 5.54 Å². The van der Waals surface area contributed by atoms with Gasteiger partial charge in [-0.15, -0.1) is 0 Å². The van der Waals surface area contributed by atoms with Crippen molar-refractivity contribution in [2.24, 2.45) is 0 Å². The van der Waals surface area contributed by atoms with E-state index in [4.69, 9.17) is 23.2 Å². The first-order chi connectivity index (χ1) is 12.7. The summed E-state index contributed by atoms with van der Waals surface area (Å²) in [6.45, 7) is 0.315. The Kier molecular flexibility index (Phi) is 6.00. The van der Waals surface area contributed by atoms with Gasteiger partial charge < -0.3 is 5.32 Å². The van der Waals surface area contributed by atoms with Crippen LogP contribution in [0.25, 0.3) is 0 Å². The van der Waals surface area contributed by atoms with Gasteiger partial charge in [-0.1, -0.05) is 42.1 Å². The van der Waals surface area contributed by atoms with Crippen molar-refractivity contribution >= 4 is 45.2 Å². The average Bonchev–Trinajstić information content (AvgIpc) is 3.15. The summed E-state index contributed by atoms with van der Waals surface area (Å²) in [6, 6.07) is 4.27. The van der Waals surface area contributed by atoms with Crippen LogP contribution in [-0.4, -0.2) is 43.9 Å². The Morgan fingerprint density at radius 1 is 1.15 bits per heavy atom. The van der Waals surface area contributed by atoms with Crippen LogP contribution in [0.4, 0.5) is 4.79 Å². The molecular weight excluding hydrogens is 413 g/mol. The van der Waals surface area contributed by atoms with E-state index >= 15 is 0 Å². The fourth-order valence-corrected chi connectivity index (χ4v) is 5.06. The zero-order chi connectivity index (χ0) is 19.7. The number of rotatable bonds is 7. The van der Waals surface area contributed by atoms with Crippen LogP contribution in [0.3, 0.4) is 0 Å². The molecule has 2 fully saturated rings. The first-order valence-electron chi connectivity index (χ1n) is 8.78. The van der Waals surface area contributed by atoms with Gasteiger partial charge in [0.05, 0.1) is 15.8 Å². The number of nitrogens with one attached hydrogen (secondary N) is 2. The van der Waals surface area contributed by atoms with Gasteiger partial charge in [-0.25, -0.2) is 17.9 Å². The third kappa shape index (κ3) is 4.56. The lowest BCUT2D eigenvalue weighted by molar-refractivity contribution is -0.131. The van der Waals surface area contributed by atoms with Crippen LogP contribution in [0.5, 0.6) is 0 Å². The molecule has 0 radical (unpaired) electrons. The number of sulfonamides is 1. The Morgan fingerprint density at radius 2 is 1.85 bits per heavy atom. The van der Waals surface area contributed by atoms with Gasteiger partial charge in [-0.05, 0) is 37.0 Å². The van der Waals surface area contributed by atoms with Crippen LogP contribution < -0.4 is 10.0 Å². The topological polar surface area (TPSA) is 95.6 Å². The van der Waals surface area contributed by atoms with Crippen LogP contribution in [0.2, 0.25) is 10.0 Å². The second kappa shape index (κ2) is 7.95. The molecule has 0 unspecified atom stereocenters. The van der Waals surface area contributed by atoms with E-state index in [0.717, 1.165) is 12.8 Å². The van der Waals surface area contributed by atoms with Crippen molar-refractivity contribution in [3.63, 3.8) is 0 Å². The molecule has 1 spiro atoms. The minimum atomic E-state index is -3.56. The number of benzene rings is 1. The van der Waals surface area contributed by atoms with Crippen molar-refractivity contribution in [2.45, 2.75) is 43.4 Å². The Bertz CT molecular complexity index is 854. The van der Waals surface area contributed by atoms with E-state index < -0.39 is 15.6 Å². The van der Waals surface area contributed by atoms with Crippen LogP contribution in [0.15, 0.2) is 18.2 Å². The van der Waals surface area contributed by atoms with Gasteiger partial charge in [0, 0.05) is 13.1 Å². The highest BCUT2D eigenvalue weighted by Crippen LogP contribution is 2.35. The molecule has 1 aromatic rings. The molecule has 1 aliphatic heterocycles. The Labute approximate surface area is 168 Å². The van der Waals surface area contributed by atoms with Crippen molar-refractivity contribution < 1.29 is 18.0 Å². The van der Waals surface area contributed by atoms with Gasteiger partial charge >= 0.3 is 6.03 Å². The monoisotopic (exact) mass is 433 g/mol. The Balaban J connectivity index is 1.48. The summed E-state index contributed by atoms with van der Waals surface area (Å²) in [5.41, 5.74) is -0.209. The molecule has 27 heavy (non-hydrogen) atoms. The number of nitrogens with zero attached hydrogens (tertiary/aromatic N) is 1. The van der Waals surface area contributed by atoms with E-state index in [1.54, 1.807) is 12.1 Å². The van der Waals surface area contributed by atoms with E-state index in [1.165, 1.54) is 11.0 Å². The maximum Gasteiger partial charge on any atom is 0.325 e. The SMILES string of the molecule is O=C1NC2(CCCC2)C(=O)N1CCCNS(=O)(=O)Cc1ccc(Cl)c(Cl)c1. The summed E-state index contributed by atoms with van der Waals surface area (Å²) in [5, 5.41) is 3.46. The minimum Gasteiger partial charge on any atom is -0.323 e. The standard InChI is InChI=1S/C17H21Cl2N3O4S/c18-13-5-4-12(10-14(13)19)11-27(25,26)20-8-3-9-22-15(23)17(21-16(22)24)6-1-2-7-17/h4-5,10,20H,1-3,6-9,11H2,(H,21,24). The number of urea groups is 1. The predicted octanol–water partition coefficient (Wildman–Crippen LogP) is 2.67. The van der Waals surface area contributed by atoms with Gasteiger partial charge in [-0.3, -0.25) is 9.69 Å². The fraction of sp³-hybridized carbons (Fsp3) is 0.529. The second-order valence-corrected chi connectivity index (χ2v) is 9.55. The van der Waals surface area contributed by atoms with Crippen LogP contribution in [-0.2, 0) is 20.6 Å². The quantitative estimate of drug-likeness (QED) is 0.510. The largest absolute Gasteiger partial charge is 0.325 e. The summed E-state index contributed by atoms with van der Waals surface area (Å²) < 4.78 is 26.8. The molecule has 2 aliphatic rings. The van der Waals surface area contributed by atoms with Crippen LogP contribution >= 0.6 is 23.2 Å². The minimum absolute atomic E-state index is 0.133. The Hall–Kier alpha value is -1.35. The molecule has 1 saturated heterocycles. The normalized spacial score (nSPS) is 19.1. The van der Waals surface area contributed by atoms with E-state index in [2.05, 4.69) is 10.0 Å². The highest BCUT2D eigenvalue weighted by atomic mass is 35.5. The molecule has 1 saturated carbocycles. The second-order valence-electron chi connectivity index (χ2n) is 6.93. The van der Waals surface area contributed by atoms with Gasteiger partial charge in [-0.2, -0.15) is 0 Å². The number of hydrogen-bond acceptors (Lipinski definition) is 4. The van der Waals surface area contributed by atoms with E-state index in [0.29, 0.717) is 34.9 Å². The molecule has 148 valence electrons. The molecule has 0 bridgehead atoms. The number of halogens is 2. The third-order valence-corrected chi connectivity index (χ3v) is 7.02. The number of amides is 3. The molecule has 3 amide bonds. The van der Waals surface area contributed by atoms with Crippen molar-refractivity contribution in [1.29, 1.82) is 0 Å². The first kappa shape index (κ1) is 20.4. The summed E-state index contributed by atoms with van der Waals surface area (Å²) in [6.07, 6.45) is 3.54.